The van der Waals surface area contributed by atoms with Crippen LogP contribution in [0.5, 0.6) is 0 Å². The van der Waals surface area contributed by atoms with Crippen molar-refractivity contribution in [2.45, 2.75) is 6.92 Å². The van der Waals surface area contributed by atoms with Crippen LogP contribution in [0, 0.1) is 6.92 Å². The molecule has 0 spiro atoms. The van der Waals surface area contributed by atoms with Crippen molar-refractivity contribution in [1.82, 2.24) is 5.32 Å². The smallest absolute Gasteiger partial charge is 0.319 e. The van der Waals surface area contributed by atoms with Crippen LogP contribution in [0.3, 0.4) is 0 Å². The Morgan fingerprint density at radius 1 is 1.36 bits per heavy atom. The molecule has 0 radical (unpaired) electrons. The fraction of sp³-hybridized carbons (Fsp3) is 0.111. The molecule has 1 rings (SSSR count). The van der Waals surface area contributed by atoms with Gasteiger partial charge in [0.2, 0.25) is 0 Å². The molecular formula is C9H11N3O2. The Bertz CT molecular complexity index is 388. The number of anilines is 1. The molecule has 0 saturated heterocycles. The second-order valence-electron chi connectivity index (χ2n) is 2.89. The van der Waals surface area contributed by atoms with E-state index in [2.05, 4.69) is 0 Å². The summed E-state index contributed by atoms with van der Waals surface area (Å²) in [6, 6.07) is 3.89. The number of carbonyl (C=O) groups excluding carboxylic acids is 2. The first-order chi connectivity index (χ1) is 6.50. The normalized spacial score (nSPS) is 9.50. The number of hydrogen-bond acceptors (Lipinski definition) is 3. The van der Waals surface area contributed by atoms with Crippen LogP contribution in [0.15, 0.2) is 18.2 Å². The first-order valence-corrected chi connectivity index (χ1v) is 3.97. The average Bonchev–Trinajstić information content (AvgIpc) is 2.08. The number of nitrogen functional groups attached to an aromatic ring is 1. The number of nitrogens with one attached hydrogen (secondary N) is 1. The molecule has 1 aromatic rings. The SMILES string of the molecule is Cc1ccc(C(=O)NC(N)=O)cc1N. The Hall–Kier alpha value is -2.04. The van der Waals surface area contributed by atoms with Crippen LogP contribution >= 0.6 is 0 Å². The van der Waals surface area contributed by atoms with E-state index in [-0.39, 0.29) is 0 Å². The molecular weight excluding hydrogens is 182 g/mol. The number of rotatable bonds is 1. The monoisotopic (exact) mass is 193 g/mol. The Balaban J connectivity index is 2.91. The van der Waals surface area contributed by atoms with Gasteiger partial charge < -0.3 is 11.5 Å². The highest BCUT2D eigenvalue weighted by molar-refractivity contribution is 6.04. The molecule has 0 aliphatic heterocycles. The summed E-state index contributed by atoms with van der Waals surface area (Å²) in [4.78, 5) is 21.6. The summed E-state index contributed by atoms with van der Waals surface area (Å²) in [7, 11) is 0. The van der Waals surface area contributed by atoms with Gasteiger partial charge in [0.05, 0.1) is 0 Å². The summed E-state index contributed by atoms with van der Waals surface area (Å²) >= 11 is 0. The van der Waals surface area contributed by atoms with Gasteiger partial charge in [-0.3, -0.25) is 10.1 Å². The minimum Gasteiger partial charge on any atom is -0.398 e. The zero-order chi connectivity index (χ0) is 10.7. The van der Waals surface area contributed by atoms with Gasteiger partial charge >= 0.3 is 6.03 Å². The van der Waals surface area contributed by atoms with Gasteiger partial charge in [-0.1, -0.05) is 6.07 Å². The van der Waals surface area contributed by atoms with Crippen LogP contribution in [-0.4, -0.2) is 11.9 Å². The van der Waals surface area contributed by atoms with Gasteiger partial charge in [0.25, 0.3) is 5.91 Å². The van der Waals surface area contributed by atoms with E-state index in [1.807, 2.05) is 12.2 Å². The van der Waals surface area contributed by atoms with E-state index < -0.39 is 11.9 Å². The molecule has 5 N–H and O–H groups in total. The molecule has 14 heavy (non-hydrogen) atoms. The predicted molar refractivity (Wildman–Crippen MR) is 52.6 cm³/mol. The number of imide groups is 1. The maximum Gasteiger partial charge on any atom is 0.319 e. The minimum atomic E-state index is -0.880. The summed E-state index contributed by atoms with van der Waals surface area (Å²) in [6.07, 6.45) is 0. The molecule has 0 unspecified atom stereocenters. The van der Waals surface area contributed by atoms with E-state index in [4.69, 9.17) is 11.5 Å². The maximum absolute atomic E-state index is 11.3. The summed E-state index contributed by atoms with van der Waals surface area (Å²) in [5, 5.41) is 1.95. The number of primary amides is 1. The van der Waals surface area contributed by atoms with Gasteiger partial charge in [-0.15, -0.1) is 0 Å². The zero-order valence-corrected chi connectivity index (χ0v) is 7.70. The van der Waals surface area contributed by atoms with E-state index in [9.17, 15) is 9.59 Å². The van der Waals surface area contributed by atoms with Crippen LogP contribution in [0.2, 0.25) is 0 Å². The number of hydrogen-bond donors (Lipinski definition) is 3. The van der Waals surface area contributed by atoms with Crippen molar-refractivity contribution in [2.24, 2.45) is 5.73 Å². The Morgan fingerprint density at radius 3 is 2.50 bits per heavy atom. The first-order valence-electron chi connectivity index (χ1n) is 3.97. The fourth-order valence-corrected chi connectivity index (χ4v) is 0.966. The summed E-state index contributed by atoms with van der Waals surface area (Å²) in [5.74, 6) is -0.552. The molecule has 5 heteroatoms. The van der Waals surface area contributed by atoms with Gasteiger partial charge in [0.15, 0.2) is 0 Å². The lowest BCUT2D eigenvalue weighted by molar-refractivity contribution is 0.0966. The van der Waals surface area contributed by atoms with E-state index in [0.717, 1.165) is 5.56 Å². The Labute approximate surface area is 81.1 Å². The van der Waals surface area contributed by atoms with Crippen molar-refractivity contribution in [3.8, 4) is 0 Å². The van der Waals surface area contributed by atoms with Crippen LogP contribution in [-0.2, 0) is 0 Å². The largest absolute Gasteiger partial charge is 0.398 e. The lowest BCUT2D eigenvalue weighted by atomic mass is 10.1. The molecule has 0 heterocycles. The molecule has 0 bridgehead atoms. The van der Waals surface area contributed by atoms with Gasteiger partial charge in [0, 0.05) is 11.3 Å². The highest BCUT2D eigenvalue weighted by atomic mass is 16.2. The van der Waals surface area contributed by atoms with Crippen molar-refractivity contribution in [3.63, 3.8) is 0 Å². The fourth-order valence-electron chi connectivity index (χ4n) is 0.966. The molecule has 1 aromatic carbocycles. The van der Waals surface area contributed by atoms with E-state index in [0.29, 0.717) is 11.3 Å². The summed E-state index contributed by atoms with van der Waals surface area (Å²) in [5.41, 5.74) is 12.1. The van der Waals surface area contributed by atoms with Crippen LogP contribution < -0.4 is 16.8 Å². The average molecular weight is 193 g/mol. The number of benzene rings is 1. The van der Waals surface area contributed by atoms with Crippen LogP contribution in [0.4, 0.5) is 10.5 Å². The van der Waals surface area contributed by atoms with Gasteiger partial charge in [-0.25, -0.2) is 4.79 Å². The maximum atomic E-state index is 11.3. The number of amides is 3. The second-order valence-corrected chi connectivity index (χ2v) is 2.89. The Morgan fingerprint density at radius 2 is 2.00 bits per heavy atom. The van der Waals surface area contributed by atoms with Crippen LogP contribution in [0.25, 0.3) is 0 Å². The third kappa shape index (κ3) is 2.22. The van der Waals surface area contributed by atoms with Crippen molar-refractivity contribution in [3.05, 3.63) is 29.3 Å². The molecule has 3 amide bonds. The van der Waals surface area contributed by atoms with Crippen molar-refractivity contribution in [2.75, 3.05) is 5.73 Å². The third-order valence-corrected chi connectivity index (χ3v) is 1.78. The number of nitrogens with two attached hydrogens (primary N) is 2. The van der Waals surface area contributed by atoms with Crippen molar-refractivity contribution < 1.29 is 9.59 Å². The standard InChI is InChI=1S/C9H11N3O2/c1-5-2-3-6(4-7(5)10)8(13)12-9(11)14/h2-4H,10H2,1H3,(H3,11,12,13,14). The predicted octanol–water partition coefficient (Wildman–Crippen LogP) is 0.386. The third-order valence-electron chi connectivity index (χ3n) is 1.78. The van der Waals surface area contributed by atoms with Gasteiger partial charge in [-0.05, 0) is 24.6 Å². The molecule has 5 nitrogen and oxygen atoms in total. The van der Waals surface area contributed by atoms with Gasteiger partial charge in [-0.2, -0.15) is 0 Å². The number of aryl methyl sites for hydroxylation is 1. The van der Waals surface area contributed by atoms with E-state index >= 15 is 0 Å². The summed E-state index contributed by atoms with van der Waals surface area (Å²) < 4.78 is 0. The lowest BCUT2D eigenvalue weighted by Gasteiger charge is -2.03. The highest BCUT2D eigenvalue weighted by Gasteiger charge is 2.08. The quantitative estimate of drug-likeness (QED) is 0.562. The minimum absolute atomic E-state index is 0.312. The zero-order valence-electron chi connectivity index (χ0n) is 7.70. The summed E-state index contributed by atoms with van der Waals surface area (Å²) in [6.45, 7) is 1.82. The van der Waals surface area contributed by atoms with Crippen molar-refractivity contribution in [1.29, 1.82) is 0 Å². The second kappa shape index (κ2) is 3.78. The van der Waals surface area contributed by atoms with Crippen molar-refractivity contribution >= 4 is 17.6 Å². The van der Waals surface area contributed by atoms with E-state index in [1.165, 1.54) is 6.07 Å². The number of urea groups is 1. The highest BCUT2D eigenvalue weighted by Crippen LogP contribution is 2.12. The molecule has 0 saturated carbocycles. The molecule has 0 fully saturated rings. The number of carbonyl (C=O) groups is 2. The molecule has 0 aliphatic rings. The van der Waals surface area contributed by atoms with Gasteiger partial charge in [0.1, 0.15) is 0 Å². The lowest BCUT2D eigenvalue weighted by Crippen LogP contribution is -2.34. The molecule has 0 aromatic heterocycles. The topological polar surface area (TPSA) is 98.2 Å². The van der Waals surface area contributed by atoms with E-state index in [1.54, 1.807) is 12.1 Å². The molecule has 74 valence electrons. The molecule has 0 atom stereocenters. The first kappa shape index (κ1) is 10.0. The molecule has 0 aliphatic carbocycles. The Kier molecular flexibility index (Phi) is 2.71. The van der Waals surface area contributed by atoms with Crippen LogP contribution in [0.1, 0.15) is 15.9 Å².